The molecule has 0 saturated heterocycles. The van der Waals surface area contributed by atoms with Crippen LogP contribution in [0.5, 0.6) is 0 Å². The third-order valence-electron chi connectivity index (χ3n) is 6.08. The number of methoxy groups -OCH3 is 1. The highest BCUT2D eigenvalue weighted by Gasteiger charge is 2.30. The van der Waals surface area contributed by atoms with Crippen LogP contribution in [0.3, 0.4) is 0 Å². The first-order chi connectivity index (χ1) is 15.5. The van der Waals surface area contributed by atoms with Gasteiger partial charge in [-0.05, 0) is 38.0 Å². The summed E-state index contributed by atoms with van der Waals surface area (Å²) in [7, 11) is 1.39. The van der Waals surface area contributed by atoms with Gasteiger partial charge < -0.3 is 14.6 Å². The van der Waals surface area contributed by atoms with Crippen molar-refractivity contribution in [2.45, 2.75) is 103 Å². The molecular formula is C27H44O5. The van der Waals surface area contributed by atoms with E-state index in [0.29, 0.717) is 19.3 Å². The molecule has 0 aromatic rings. The molecule has 182 valence electrons. The van der Waals surface area contributed by atoms with Crippen LogP contribution >= 0.6 is 0 Å². The zero-order chi connectivity index (χ0) is 23.6. The van der Waals surface area contributed by atoms with E-state index in [1.165, 1.54) is 46.1 Å². The molecular weight excluding hydrogens is 404 g/mol. The molecule has 0 aliphatic heterocycles. The summed E-state index contributed by atoms with van der Waals surface area (Å²) in [5.41, 5.74) is 0. The number of carbonyl (C=O) groups excluding carboxylic acids is 2. The number of hydrogen-bond donors (Lipinski definition) is 1. The van der Waals surface area contributed by atoms with E-state index >= 15 is 0 Å². The summed E-state index contributed by atoms with van der Waals surface area (Å²) >= 11 is 0. The van der Waals surface area contributed by atoms with E-state index < -0.39 is 6.10 Å². The Labute approximate surface area is 194 Å². The van der Waals surface area contributed by atoms with Gasteiger partial charge in [-0.1, -0.05) is 81.9 Å². The number of ether oxygens (including phenoxy) is 2. The van der Waals surface area contributed by atoms with Crippen LogP contribution < -0.4 is 0 Å². The van der Waals surface area contributed by atoms with Crippen molar-refractivity contribution in [1.82, 2.24) is 0 Å². The smallest absolute Gasteiger partial charge is 0.305 e. The Morgan fingerprint density at radius 2 is 1.75 bits per heavy atom. The minimum Gasteiger partial charge on any atom is -0.469 e. The second-order valence-electron chi connectivity index (χ2n) is 8.78. The van der Waals surface area contributed by atoms with Crippen LogP contribution in [0.2, 0.25) is 0 Å². The predicted octanol–water partition coefficient (Wildman–Crippen LogP) is 6.07. The lowest BCUT2D eigenvalue weighted by molar-refractivity contribution is -0.150. The minimum atomic E-state index is -0.403. The van der Waals surface area contributed by atoms with Gasteiger partial charge in [0.25, 0.3) is 0 Å². The Morgan fingerprint density at radius 1 is 1.03 bits per heavy atom. The van der Waals surface area contributed by atoms with Crippen molar-refractivity contribution in [2.75, 3.05) is 7.11 Å². The average Bonchev–Trinajstić information content (AvgIpc) is 2.78. The van der Waals surface area contributed by atoms with Gasteiger partial charge in [-0.3, -0.25) is 9.59 Å². The van der Waals surface area contributed by atoms with Crippen molar-refractivity contribution >= 4 is 11.9 Å². The molecule has 0 spiro atoms. The van der Waals surface area contributed by atoms with E-state index in [1.54, 1.807) is 0 Å². The van der Waals surface area contributed by atoms with Crippen LogP contribution in [-0.4, -0.2) is 36.4 Å². The number of unbranched alkanes of at least 4 members (excludes halogenated alkanes) is 5. The summed E-state index contributed by atoms with van der Waals surface area (Å²) in [6.45, 7) is 3.65. The summed E-state index contributed by atoms with van der Waals surface area (Å²) in [5.74, 6) is -0.0960. The molecule has 1 rings (SSSR count). The molecule has 0 heterocycles. The van der Waals surface area contributed by atoms with Gasteiger partial charge in [0, 0.05) is 19.3 Å². The Bertz CT molecular complexity index is 607. The lowest BCUT2D eigenvalue weighted by Gasteiger charge is -2.33. The normalized spacial score (nSPS) is 20.5. The molecule has 0 aromatic heterocycles. The van der Waals surface area contributed by atoms with Crippen LogP contribution in [0.4, 0.5) is 0 Å². The second-order valence-corrected chi connectivity index (χ2v) is 8.78. The molecule has 1 N–H and O–H groups in total. The summed E-state index contributed by atoms with van der Waals surface area (Å²) in [6, 6.07) is 0. The average molecular weight is 449 g/mol. The van der Waals surface area contributed by atoms with Crippen molar-refractivity contribution in [3.63, 3.8) is 0 Å². The van der Waals surface area contributed by atoms with E-state index in [0.717, 1.165) is 25.7 Å². The first-order valence-electron chi connectivity index (χ1n) is 12.4. The number of rotatable bonds is 16. The van der Waals surface area contributed by atoms with Gasteiger partial charge in [0.15, 0.2) is 0 Å². The van der Waals surface area contributed by atoms with Gasteiger partial charge in [-0.25, -0.2) is 0 Å². The molecule has 1 aliphatic carbocycles. The summed E-state index contributed by atoms with van der Waals surface area (Å²) in [6.07, 6.45) is 23.1. The Balaban J connectivity index is 2.55. The van der Waals surface area contributed by atoms with Gasteiger partial charge in [-0.15, -0.1) is 0 Å². The molecule has 0 aromatic carbocycles. The SMILES string of the molecule is CCCCCCCCC(O)/C=C/C=C/[C@H]1CC=CC[C@@H]1C(CCCC(=O)OC)OC(C)=O. The number of esters is 2. The first-order valence-corrected chi connectivity index (χ1v) is 12.4. The number of aliphatic hydroxyl groups is 1. The van der Waals surface area contributed by atoms with E-state index in [-0.39, 0.29) is 29.9 Å². The lowest BCUT2D eigenvalue weighted by Crippen LogP contribution is -2.32. The van der Waals surface area contributed by atoms with E-state index in [1.807, 2.05) is 18.2 Å². The number of aliphatic hydroxyl groups excluding tert-OH is 1. The Kier molecular flexibility index (Phi) is 15.5. The van der Waals surface area contributed by atoms with Crippen LogP contribution in [0.1, 0.15) is 90.9 Å². The Hall–Kier alpha value is -1.88. The highest BCUT2D eigenvalue weighted by Crippen LogP contribution is 2.33. The van der Waals surface area contributed by atoms with Crippen LogP contribution in [0, 0.1) is 11.8 Å². The van der Waals surface area contributed by atoms with Crippen LogP contribution in [0.25, 0.3) is 0 Å². The maximum absolute atomic E-state index is 11.7. The monoisotopic (exact) mass is 448 g/mol. The van der Waals surface area contributed by atoms with Gasteiger partial charge in [-0.2, -0.15) is 0 Å². The summed E-state index contributed by atoms with van der Waals surface area (Å²) < 4.78 is 10.4. The quantitative estimate of drug-likeness (QED) is 0.134. The highest BCUT2D eigenvalue weighted by atomic mass is 16.5. The molecule has 5 nitrogen and oxygen atoms in total. The zero-order valence-electron chi connectivity index (χ0n) is 20.3. The van der Waals surface area contributed by atoms with Crippen LogP contribution in [-0.2, 0) is 19.1 Å². The number of allylic oxidation sites excluding steroid dienone is 5. The maximum Gasteiger partial charge on any atom is 0.305 e. The number of carbonyl (C=O) groups is 2. The van der Waals surface area contributed by atoms with Gasteiger partial charge in [0.05, 0.1) is 13.2 Å². The maximum atomic E-state index is 11.7. The predicted molar refractivity (Wildman–Crippen MR) is 129 cm³/mol. The fraction of sp³-hybridized carbons (Fsp3) is 0.704. The van der Waals surface area contributed by atoms with Crippen LogP contribution in [0.15, 0.2) is 36.5 Å². The van der Waals surface area contributed by atoms with Crippen molar-refractivity contribution in [3.8, 4) is 0 Å². The summed E-state index contributed by atoms with van der Waals surface area (Å²) in [5, 5.41) is 10.2. The van der Waals surface area contributed by atoms with Gasteiger partial charge in [0.1, 0.15) is 6.10 Å². The second kappa shape index (κ2) is 17.6. The van der Waals surface area contributed by atoms with Crippen molar-refractivity contribution in [2.24, 2.45) is 11.8 Å². The van der Waals surface area contributed by atoms with E-state index in [9.17, 15) is 14.7 Å². The van der Waals surface area contributed by atoms with E-state index in [4.69, 9.17) is 9.47 Å². The highest BCUT2D eigenvalue weighted by molar-refractivity contribution is 5.69. The van der Waals surface area contributed by atoms with Crippen molar-refractivity contribution < 1.29 is 24.2 Å². The molecule has 0 radical (unpaired) electrons. The minimum absolute atomic E-state index is 0.180. The third-order valence-corrected chi connectivity index (χ3v) is 6.08. The molecule has 32 heavy (non-hydrogen) atoms. The standard InChI is InChI=1S/C27H44O5/c1-4-5-6-7-8-9-17-24(29)18-12-10-15-23-16-11-13-19-25(23)26(32-22(2)28)20-14-21-27(30)31-3/h10-13,15,18,23-26,29H,4-9,14,16-17,19-21H2,1-3H3/b15-10+,18-12+/t23-,24?,25-,26?/m0/s1. The van der Waals surface area contributed by atoms with Crippen molar-refractivity contribution in [1.29, 1.82) is 0 Å². The molecule has 1 aliphatic rings. The van der Waals surface area contributed by atoms with E-state index in [2.05, 4.69) is 25.2 Å². The summed E-state index contributed by atoms with van der Waals surface area (Å²) in [4.78, 5) is 23.1. The molecule has 0 fully saturated rings. The molecule has 5 heteroatoms. The van der Waals surface area contributed by atoms with Gasteiger partial charge in [0.2, 0.25) is 0 Å². The van der Waals surface area contributed by atoms with Gasteiger partial charge >= 0.3 is 11.9 Å². The molecule has 0 saturated carbocycles. The molecule has 4 atom stereocenters. The first kappa shape index (κ1) is 28.2. The fourth-order valence-electron chi connectivity index (χ4n) is 4.26. The van der Waals surface area contributed by atoms with Crippen molar-refractivity contribution in [3.05, 3.63) is 36.5 Å². The lowest BCUT2D eigenvalue weighted by atomic mass is 9.78. The Morgan fingerprint density at radius 3 is 2.47 bits per heavy atom. The molecule has 2 unspecified atom stereocenters. The third kappa shape index (κ3) is 12.8. The largest absolute Gasteiger partial charge is 0.469 e. The topological polar surface area (TPSA) is 72.8 Å². The fourth-order valence-corrected chi connectivity index (χ4v) is 4.26. The number of hydrogen-bond acceptors (Lipinski definition) is 5. The molecule has 0 bridgehead atoms. The zero-order valence-corrected chi connectivity index (χ0v) is 20.3. The molecule has 0 amide bonds.